The van der Waals surface area contributed by atoms with Gasteiger partial charge in [-0.2, -0.15) is 0 Å². The number of amides is 1. The zero-order valence-electron chi connectivity index (χ0n) is 13.6. The number of H-pyrrole nitrogens is 1. The van der Waals surface area contributed by atoms with Crippen molar-refractivity contribution in [3.8, 4) is 5.75 Å². The van der Waals surface area contributed by atoms with Gasteiger partial charge >= 0.3 is 0 Å². The van der Waals surface area contributed by atoms with Gasteiger partial charge < -0.3 is 24.6 Å². The molecular weight excluding hydrogens is 308 g/mol. The Balaban J connectivity index is 1.67. The summed E-state index contributed by atoms with van der Waals surface area (Å²) in [5.74, 6) is 0.981. The highest BCUT2D eigenvalue weighted by Crippen LogP contribution is 2.24. The van der Waals surface area contributed by atoms with Gasteiger partial charge in [0.05, 0.1) is 26.3 Å². The summed E-state index contributed by atoms with van der Waals surface area (Å²) in [7, 11) is 1.61. The lowest BCUT2D eigenvalue weighted by atomic mass is 10.0. The molecule has 0 spiro atoms. The maximum absolute atomic E-state index is 12.2. The molecule has 1 atom stereocenters. The third-order valence-electron chi connectivity index (χ3n) is 4.01. The highest BCUT2D eigenvalue weighted by Gasteiger charge is 2.26. The van der Waals surface area contributed by atoms with Crippen molar-refractivity contribution >= 4 is 16.8 Å². The predicted molar refractivity (Wildman–Crippen MR) is 89.8 cm³/mol. The Labute approximate surface area is 139 Å². The summed E-state index contributed by atoms with van der Waals surface area (Å²) >= 11 is 0. The molecule has 3 aromatic rings. The van der Waals surface area contributed by atoms with Crippen LogP contribution in [0.4, 0.5) is 0 Å². The molecular formula is C18H20N2O4. The van der Waals surface area contributed by atoms with Crippen molar-refractivity contribution in [1.29, 1.82) is 0 Å². The molecule has 1 unspecified atom stereocenters. The van der Waals surface area contributed by atoms with Crippen molar-refractivity contribution < 1.29 is 19.1 Å². The van der Waals surface area contributed by atoms with Crippen molar-refractivity contribution in [3.05, 3.63) is 54.1 Å². The minimum atomic E-state index is -1.25. The second-order valence-electron chi connectivity index (χ2n) is 5.93. The van der Waals surface area contributed by atoms with E-state index in [1.165, 1.54) is 6.26 Å². The number of ether oxygens (including phenoxy) is 1. The summed E-state index contributed by atoms with van der Waals surface area (Å²) in [5, 5.41) is 14.1. The van der Waals surface area contributed by atoms with Gasteiger partial charge in [0.1, 0.15) is 17.1 Å². The predicted octanol–water partition coefficient (Wildman–Crippen LogP) is 2.34. The molecule has 6 heteroatoms. The monoisotopic (exact) mass is 328 g/mol. The van der Waals surface area contributed by atoms with Crippen LogP contribution in [0.2, 0.25) is 0 Å². The van der Waals surface area contributed by atoms with Crippen LogP contribution in [0.15, 0.2) is 47.2 Å². The summed E-state index contributed by atoms with van der Waals surface area (Å²) in [6.07, 6.45) is 3.51. The van der Waals surface area contributed by atoms with E-state index in [0.29, 0.717) is 5.76 Å². The summed E-state index contributed by atoms with van der Waals surface area (Å²) in [6.45, 7) is 1.67. The SMILES string of the molecule is COc1ccc2[nH]cc(CC(=O)NCC(C)(O)c3ccco3)c2c1. The van der Waals surface area contributed by atoms with Gasteiger partial charge in [0.15, 0.2) is 0 Å². The summed E-state index contributed by atoms with van der Waals surface area (Å²) in [6, 6.07) is 9.05. The summed E-state index contributed by atoms with van der Waals surface area (Å²) in [4.78, 5) is 15.4. The average molecular weight is 328 g/mol. The van der Waals surface area contributed by atoms with Crippen LogP contribution in [0.5, 0.6) is 5.75 Å². The van der Waals surface area contributed by atoms with Crippen molar-refractivity contribution in [3.63, 3.8) is 0 Å². The fraction of sp³-hybridized carbons (Fsp3) is 0.278. The van der Waals surface area contributed by atoms with Crippen molar-refractivity contribution in [2.75, 3.05) is 13.7 Å². The number of hydrogen-bond acceptors (Lipinski definition) is 4. The molecule has 3 rings (SSSR count). The number of methoxy groups -OCH3 is 1. The topological polar surface area (TPSA) is 87.5 Å². The molecule has 126 valence electrons. The number of aliphatic hydroxyl groups is 1. The quantitative estimate of drug-likeness (QED) is 0.648. The van der Waals surface area contributed by atoms with Crippen LogP contribution in [0.3, 0.4) is 0 Å². The van der Waals surface area contributed by atoms with Crippen molar-refractivity contribution in [2.24, 2.45) is 0 Å². The first-order valence-corrected chi connectivity index (χ1v) is 7.66. The van der Waals surface area contributed by atoms with E-state index in [9.17, 15) is 9.90 Å². The van der Waals surface area contributed by atoms with Crippen LogP contribution in [-0.4, -0.2) is 29.7 Å². The number of hydrogen-bond donors (Lipinski definition) is 3. The molecule has 24 heavy (non-hydrogen) atoms. The summed E-state index contributed by atoms with van der Waals surface area (Å²) < 4.78 is 10.4. The van der Waals surface area contributed by atoms with E-state index >= 15 is 0 Å². The van der Waals surface area contributed by atoms with Crippen LogP contribution >= 0.6 is 0 Å². The molecule has 0 radical (unpaired) electrons. The molecule has 6 nitrogen and oxygen atoms in total. The number of benzene rings is 1. The van der Waals surface area contributed by atoms with Gasteiger partial charge in [-0.15, -0.1) is 0 Å². The Bertz CT molecular complexity index is 834. The van der Waals surface area contributed by atoms with Crippen LogP contribution in [0, 0.1) is 0 Å². The number of furan rings is 1. The minimum Gasteiger partial charge on any atom is -0.497 e. The van der Waals surface area contributed by atoms with Gasteiger partial charge in [0, 0.05) is 17.1 Å². The van der Waals surface area contributed by atoms with E-state index < -0.39 is 5.60 Å². The second kappa shape index (κ2) is 6.41. The lowest BCUT2D eigenvalue weighted by Gasteiger charge is -2.21. The van der Waals surface area contributed by atoms with Crippen molar-refractivity contribution in [1.82, 2.24) is 10.3 Å². The van der Waals surface area contributed by atoms with E-state index in [4.69, 9.17) is 9.15 Å². The first-order valence-electron chi connectivity index (χ1n) is 7.66. The fourth-order valence-electron chi connectivity index (χ4n) is 2.61. The molecule has 0 saturated carbocycles. The van der Waals surface area contributed by atoms with Gasteiger partial charge in [-0.1, -0.05) is 0 Å². The van der Waals surface area contributed by atoms with E-state index in [0.717, 1.165) is 22.2 Å². The number of carbonyl (C=O) groups is 1. The highest BCUT2D eigenvalue weighted by atomic mass is 16.5. The average Bonchev–Trinajstić information content (AvgIpc) is 3.23. The van der Waals surface area contributed by atoms with Crippen LogP contribution in [0.1, 0.15) is 18.2 Å². The van der Waals surface area contributed by atoms with Gasteiger partial charge in [-0.25, -0.2) is 0 Å². The second-order valence-corrected chi connectivity index (χ2v) is 5.93. The largest absolute Gasteiger partial charge is 0.497 e. The molecule has 0 aliphatic rings. The van der Waals surface area contributed by atoms with Gasteiger partial charge in [0.2, 0.25) is 5.91 Å². The molecule has 1 aromatic carbocycles. The Morgan fingerprint density at radius 2 is 2.25 bits per heavy atom. The molecule has 1 amide bonds. The number of carbonyl (C=O) groups excluding carboxylic acids is 1. The number of aromatic nitrogens is 1. The highest BCUT2D eigenvalue weighted by molar-refractivity contribution is 5.89. The van der Waals surface area contributed by atoms with E-state index in [1.807, 2.05) is 24.4 Å². The zero-order chi connectivity index (χ0) is 17.2. The third kappa shape index (κ3) is 3.28. The molecule has 0 bridgehead atoms. The van der Waals surface area contributed by atoms with Gasteiger partial charge in [-0.05, 0) is 42.8 Å². The molecule has 0 aliphatic heterocycles. The van der Waals surface area contributed by atoms with Crippen LogP contribution in [-0.2, 0) is 16.8 Å². The molecule has 2 aromatic heterocycles. The zero-order valence-corrected chi connectivity index (χ0v) is 13.6. The Kier molecular flexibility index (Phi) is 4.31. The van der Waals surface area contributed by atoms with Gasteiger partial charge in [0.25, 0.3) is 0 Å². The first kappa shape index (κ1) is 16.1. The first-order chi connectivity index (χ1) is 11.5. The number of fused-ring (bicyclic) bond motifs is 1. The van der Waals surface area contributed by atoms with Crippen LogP contribution < -0.4 is 10.1 Å². The van der Waals surface area contributed by atoms with Gasteiger partial charge in [-0.3, -0.25) is 4.79 Å². The van der Waals surface area contributed by atoms with Crippen LogP contribution in [0.25, 0.3) is 10.9 Å². The summed E-state index contributed by atoms with van der Waals surface area (Å²) in [5.41, 5.74) is 0.572. The Morgan fingerprint density at radius 1 is 1.42 bits per heavy atom. The van der Waals surface area contributed by atoms with Crippen molar-refractivity contribution in [2.45, 2.75) is 18.9 Å². The minimum absolute atomic E-state index is 0.0744. The maximum atomic E-state index is 12.2. The standard InChI is InChI=1S/C18H20N2O4/c1-18(22,16-4-3-7-24-16)11-20-17(21)8-12-10-19-15-6-5-13(23-2)9-14(12)15/h3-7,9-10,19,22H,8,11H2,1-2H3,(H,20,21). The molecule has 3 N–H and O–H groups in total. The van der Waals surface area contributed by atoms with E-state index in [2.05, 4.69) is 10.3 Å². The molecule has 0 aliphatic carbocycles. The lowest BCUT2D eigenvalue weighted by Crippen LogP contribution is -2.39. The smallest absolute Gasteiger partial charge is 0.224 e. The molecule has 0 saturated heterocycles. The third-order valence-corrected chi connectivity index (χ3v) is 4.01. The number of rotatable bonds is 6. The fourth-order valence-corrected chi connectivity index (χ4v) is 2.61. The molecule has 0 fully saturated rings. The maximum Gasteiger partial charge on any atom is 0.224 e. The normalized spacial score (nSPS) is 13.6. The van der Waals surface area contributed by atoms with E-state index in [1.54, 1.807) is 26.2 Å². The number of aromatic amines is 1. The molecule has 2 heterocycles. The van der Waals surface area contributed by atoms with E-state index in [-0.39, 0.29) is 18.9 Å². The number of nitrogens with one attached hydrogen (secondary N) is 2. The Morgan fingerprint density at radius 3 is 2.96 bits per heavy atom. The Hall–Kier alpha value is -2.73. The lowest BCUT2D eigenvalue weighted by molar-refractivity contribution is -0.121.